The van der Waals surface area contributed by atoms with E-state index >= 15 is 0 Å². The van der Waals surface area contributed by atoms with Gasteiger partial charge in [0, 0.05) is 30.5 Å². The van der Waals surface area contributed by atoms with Gasteiger partial charge in [-0.2, -0.15) is 0 Å². The lowest BCUT2D eigenvalue weighted by Gasteiger charge is -2.27. The minimum Gasteiger partial charge on any atom is -0.341 e. The normalized spacial score (nSPS) is 13.8. The van der Waals surface area contributed by atoms with Gasteiger partial charge >= 0.3 is 0 Å². The number of thiophene rings is 1. The number of rotatable bonds is 5. The third-order valence-corrected chi connectivity index (χ3v) is 5.35. The molecule has 0 unspecified atom stereocenters. The molecule has 0 fully saturated rings. The Morgan fingerprint density at radius 2 is 2.00 bits per heavy atom. The van der Waals surface area contributed by atoms with Gasteiger partial charge in [0.15, 0.2) is 0 Å². The molecule has 0 saturated heterocycles. The van der Waals surface area contributed by atoms with Crippen LogP contribution in [0.2, 0.25) is 4.34 Å². The zero-order valence-corrected chi connectivity index (χ0v) is 15.3. The summed E-state index contributed by atoms with van der Waals surface area (Å²) in [6, 6.07) is 10.8. The molecule has 1 aliphatic heterocycles. The Balaban J connectivity index is 1.60. The van der Waals surface area contributed by atoms with Crippen molar-refractivity contribution < 1.29 is 14.4 Å². The van der Waals surface area contributed by atoms with Gasteiger partial charge in [-0.05, 0) is 23.8 Å². The van der Waals surface area contributed by atoms with Crippen LogP contribution < -0.4 is 0 Å². The molecule has 3 rings (SSSR count). The first-order chi connectivity index (χ1) is 12.0. The number of carbonyl (C=O) groups is 3. The standard InChI is InChI=1S/C18H17ClN2O3S/c1-20(11-13-6-7-15(19)25-13)16(22)8-9-21-17(23)10-12-4-2-3-5-14(12)18(21)24/h2-7H,8-11H2,1H3. The first-order valence-electron chi connectivity index (χ1n) is 7.86. The maximum Gasteiger partial charge on any atom is 0.260 e. The highest BCUT2D eigenvalue weighted by Crippen LogP contribution is 2.23. The molecule has 0 radical (unpaired) electrons. The molecule has 2 heterocycles. The van der Waals surface area contributed by atoms with Gasteiger partial charge in [0.05, 0.1) is 17.3 Å². The number of nitrogens with zero attached hydrogens (tertiary/aromatic N) is 2. The SMILES string of the molecule is CN(Cc1ccc(Cl)s1)C(=O)CCN1C(=O)Cc2ccccc2C1=O. The van der Waals surface area contributed by atoms with Crippen molar-refractivity contribution in [3.63, 3.8) is 0 Å². The Kier molecular flexibility index (Phi) is 5.20. The average Bonchev–Trinajstić information content (AvgIpc) is 2.99. The molecule has 130 valence electrons. The van der Waals surface area contributed by atoms with Crippen LogP contribution in [0.3, 0.4) is 0 Å². The monoisotopic (exact) mass is 376 g/mol. The zero-order valence-electron chi connectivity index (χ0n) is 13.7. The summed E-state index contributed by atoms with van der Waals surface area (Å²) in [5.74, 6) is -0.708. The van der Waals surface area contributed by atoms with E-state index in [1.54, 1.807) is 36.2 Å². The van der Waals surface area contributed by atoms with Crippen LogP contribution in [-0.2, 0) is 22.6 Å². The van der Waals surface area contributed by atoms with E-state index in [9.17, 15) is 14.4 Å². The van der Waals surface area contributed by atoms with Crippen molar-refractivity contribution in [3.8, 4) is 0 Å². The van der Waals surface area contributed by atoms with Crippen LogP contribution in [0, 0.1) is 0 Å². The Morgan fingerprint density at radius 1 is 1.24 bits per heavy atom. The molecule has 0 aliphatic carbocycles. The van der Waals surface area contributed by atoms with Crippen LogP contribution >= 0.6 is 22.9 Å². The van der Waals surface area contributed by atoms with E-state index in [2.05, 4.69) is 0 Å². The number of hydrogen-bond acceptors (Lipinski definition) is 4. The molecule has 5 nitrogen and oxygen atoms in total. The largest absolute Gasteiger partial charge is 0.341 e. The number of imide groups is 1. The van der Waals surface area contributed by atoms with E-state index in [1.807, 2.05) is 12.1 Å². The summed E-state index contributed by atoms with van der Waals surface area (Å²) in [4.78, 5) is 40.7. The molecule has 1 aliphatic rings. The van der Waals surface area contributed by atoms with Crippen LogP contribution in [0.1, 0.15) is 27.2 Å². The van der Waals surface area contributed by atoms with Gasteiger partial charge < -0.3 is 4.90 Å². The number of carbonyl (C=O) groups excluding carboxylic acids is 3. The lowest BCUT2D eigenvalue weighted by molar-refractivity contribution is -0.132. The second kappa shape index (κ2) is 7.37. The van der Waals surface area contributed by atoms with E-state index in [0.717, 1.165) is 10.4 Å². The Bertz CT molecular complexity index is 833. The topological polar surface area (TPSA) is 57.7 Å². The molecule has 0 bridgehead atoms. The number of fused-ring (bicyclic) bond motifs is 1. The second-order valence-electron chi connectivity index (χ2n) is 5.89. The van der Waals surface area contributed by atoms with Crippen molar-refractivity contribution in [2.24, 2.45) is 0 Å². The minimum absolute atomic E-state index is 0.0976. The van der Waals surface area contributed by atoms with Gasteiger partial charge in [-0.15, -0.1) is 11.3 Å². The van der Waals surface area contributed by atoms with Gasteiger partial charge in [0.25, 0.3) is 5.91 Å². The second-order valence-corrected chi connectivity index (χ2v) is 7.69. The molecule has 3 amide bonds. The molecule has 7 heteroatoms. The Hall–Kier alpha value is -2.18. The third-order valence-electron chi connectivity index (χ3n) is 4.13. The zero-order chi connectivity index (χ0) is 18.0. The highest BCUT2D eigenvalue weighted by molar-refractivity contribution is 7.16. The number of hydrogen-bond donors (Lipinski definition) is 0. The lowest BCUT2D eigenvalue weighted by Crippen LogP contribution is -2.44. The Morgan fingerprint density at radius 3 is 2.72 bits per heavy atom. The van der Waals surface area contributed by atoms with Gasteiger partial charge in [-0.25, -0.2) is 0 Å². The maximum atomic E-state index is 12.5. The fourth-order valence-corrected chi connectivity index (χ4v) is 3.92. The minimum atomic E-state index is -0.327. The molecule has 1 aromatic heterocycles. The highest BCUT2D eigenvalue weighted by Gasteiger charge is 2.30. The molecule has 0 spiro atoms. The van der Waals surface area contributed by atoms with Crippen LogP contribution in [0.4, 0.5) is 0 Å². The van der Waals surface area contributed by atoms with Crippen molar-refractivity contribution in [3.05, 3.63) is 56.7 Å². The van der Waals surface area contributed by atoms with E-state index in [1.165, 1.54) is 16.2 Å². The smallest absolute Gasteiger partial charge is 0.260 e. The van der Waals surface area contributed by atoms with E-state index < -0.39 is 0 Å². The summed E-state index contributed by atoms with van der Waals surface area (Å²) in [6.45, 7) is 0.557. The fraction of sp³-hybridized carbons (Fsp3) is 0.278. The summed E-state index contributed by atoms with van der Waals surface area (Å²) in [6.07, 6.45) is 0.300. The van der Waals surface area contributed by atoms with Crippen LogP contribution in [0.25, 0.3) is 0 Å². The van der Waals surface area contributed by atoms with Gasteiger partial charge in [0.2, 0.25) is 11.8 Å². The molecule has 0 atom stereocenters. The summed E-state index contributed by atoms with van der Waals surface area (Å²) in [5, 5.41) is 0. The highest BCUT2D eigenvalue weighted by atomic mass is 35.5. The molecule has 0 saturated carbocycles. The molecular weight excluding hydrogens is 360 g/mol. The maximum absolute atomic E-state index is 12.5. The average molecular weight is 377 g/mol. The fourth-order valence-electron chi connectivity index (χ4n) is 2.78. The molecule has 0 N–H and O–H groups in total. The predicted molar refractivity (Wildman–Crippen MR) is 96.6 cm³/mol. The summed E-state index contributed by atoms with van der Waals surface area (Å²) in [7, 11) is 1.70. The first-order valence-corrected chi connectivity index (χ1v) is 9.06. The van der Waals surface area contributed by atoms with Gasteiger partial charge in [0.1, 0.15) is 0 Å². The van der Waals surface area contributed by atoms with E-state index in [0.29, 0.717) is 16.4 Å². The van der Waals surface area contributed by atoms with Crippen LogP contribution in [0.5, 0.6) is 0 Å². The molecule has 25 heavy (non-hydrogen) atoms. The van der Waals surface area contributed by atoms with Gasteiger partial charge in [-0.1, -0.05) is 29.8 Å². The van der Waals surface area contributed by atoms with Crippen molar-refractivity contribution in [1.29, 1.82) is 0 Å². The van der Waals surface area contributed by atoms with E-state index in [4.69, 9.17) is 11.6 Å². The first kappa shape index (κ1) is 17.6. The summed E-state index contributed by atoms with van der Waals surface area (Å²) in [5.41, 5.74) is 1.28. The quantitative estimate of drug-likeness (QED) is 0.754. The third kappa shape index (κ3) is 3.91. The van der Waals surface area contributed by atoms with E-state index in [-0.39, 0.29) is 37.1 Å². The Labute approximate surface area is 154 Å². The van der Waals surface area contributed by atoms with Crippen molar-refractivity contribution >= 4 is 40.7 Å². The van der Waals surface area contributed by atoms with Gasteiger partial charge in [-0.3, -0.25) is 19.3 Å². The predicted octanol–water partition coefficient (Wildman–Crippen LogP) is 2.98. The summed E-state index contributed by atoms with van der Waals surface area (Å²) < 4.78 is 0.680. The number of benzene rings is 1. The lowest BCUT2D eigenvalue weighted by atomic mass is 9.98. The molecule has 2 aromatic rings. The number of halogens is 1. The van der Waals surface area contributed by atoms with Crippen LogP contribution in [0.15, 0.2) is 36.4 Å². The van der Waals surface area contributed by atoms with Crippen LogP contribution in [-0.4, -0.2) is 41.1 Å². The van der Waals surface area contributed by atoms with Crippen molar-refractivity contribution in [2.75, 3.05) is 13.6 Å². The molecule has 1 aromatic carbocycles. The van der Waals surface area contributed by atoms with Crippen molar-refractivity contribution in [1.82, 2.24) is 9.80 Å². The number of amides is 3. The summed E-state index contributed by atoms with van der Waals surface area (Å²) >= 11 is 7.32. The van der Waals surface area contributed by atoms with Crippen molar-refractivity contribution in [2.45, 2.75) is 19.4 Å². The molecular formula is C18H17ClN2O3S.